The summed E-state index contributed by atoms with van der Waals surface area (Å²) in [5.41, 5.74) is 2.29. The summed E-state index contributed by atoms with van der Waals surface area (Å²) < 4.78 is 21.9. The Morgan fingerprint density at radius 3 is 2.50 bits per heavy atom. The fourth-order valence-corrected chi connectivity index (χ4v) is 3.47. The Kier molecular flexibility index (Phi) is 4.25. The van der Waals surface area contributed by atoms with Crippen molar-refractivity contribution in [2.24, 2.45) is 0 Å². The number of esters is 1. The molecule has 30 heavy (non-hydrogen) atoms. The van der Waals surface area contributed by atoms with E-state index in [1.54, 1.807) is 36.4 Å². The van der Waals surface area contributed by atoms with Crippen LogP contribution in [0.2, 0.25) is 0 Å². The van der Waals surface area contributed by atoms with Gasteiger partial charge in [0.05, 0.1) is 0 Å². The highest BCUT2D eigenvalue weighted by Crippen LogP contribution is 2.31. The van der Waals surface area contributed by atoms with Crippen molar-refractivity contribution in [1.82, 2.24) is 0 Å². The van der Waals surface area contributed by atoms with Crippen LogP contribution >= 0.6 is 0 Å². The average Bonchev–Trinajstić information content (AvgIpc) is 3.10. The molecule has 0 unspecified atom stereocenters. The monoisotopic (exact) mass is 400 g/mol. The van der Waals surface area contributed by atoms with Gasteiger partial charge < -0.3 is 18.3 Å². The molecule has 5 aromatic rings. The van der Waals surface area contributed by atoms with E-state index < -0.39 is 11.6 Å². The van der Waals surface area contributed by atoms with Gasteiger partial charge >= 0.3 is 11.6 Å². The molecule has 0 saturated heterocycles. The zero-order valence-corrected chi connectivity index (χ0v) is 16.0. The second-order valence-corrected chi connectivity index (χ2v) is 6.93. The predicted molar refractivity (Wildman–Crippen MR) is 112 cm³/mol. The summed E-state index contributed by atoms with van der Waals surface area (Å²) in [5.74, 6) is 0.264. The molecule has 0 N–H and O–H groups in total. The quantitative estimate of drug-likeness (QED) is 0.240. The Bertz CT molecular complexity index is 1470. The van der Waals surface area contributed by atoms with Crippen molar-refractivity contribution in [1.29, 1.82) is 0 Å². The van der Waals surface area contributed by atoms with E-state index in [-0.39, 0.29) is 6.61 Å². The zero-order valence-electron chi connectivity index (χ0n) is 16.0. The maximum absolute atomic E-state index is 12.3. The van der Waals surface area contributed by atoms with Crippen LogP contribution in [0.15, 0.2) is 80.4 Å². The summed E-state index contributed by atoms with van der Waals surface area (Å²) in [7, 11) is 0. The summed E-state index contributed by atoms with van der Waals surface area (Å²) >= 11 is 0. The third kappa shape index (κ3) is 3.28. The number of furan rings is 1. The van der Waals surface area contributed by atoms with E-state index in [1.165, 1.54) is 6.07 Å². The first-order chi connectivity index (χ1) is 14.6. The van der Waals surface area contributed by atoms with Crippen molar-refractivity contribution < 1.29 is 23.1 Å². The second kappa shape index (κ2) is 7.08. The van der Waals surface area contributed by atoms with Gasteiger partial charge in [0, 0.05) is 28.3 Å². The van der Waals surface area contributed by atoms with Crippen LogP contribution in [-0.2, 0) is 4.79 Å². The number of carbonyl (C=O) groups is 1. The van der Waals surface area contributed by atoms with Crippen molar-refractivity contribution in [3.05, 3.63) is 82.7 Å². The van der Waals surface area contributed by atoms with Crippen molar-refractivity contribution >= 4 is 38.9 Å². The number of ether oxygens (including phenoxy) is 2. The normalized spacial score (nSPS) is 11.2. The fourth-order valence-electron chi connectivity index (χ4n) is 3.47. The SMILES string of the molecule is Cc1cc(=O)oc2cc(OCC(=O)Oc3ccc4oc5ccccc5c4c3)ccc12. The molecule has 0 bridgehead atoms. The minimum absolute atomic E-state index is 0.286. The average molecular weight is 400 g/mol. The van der Waals surface area contributed by atoms with Gasteiger partial charge in [-0.15, -0.1) is 0 Å². The molecule has 0 saturated carbocycles. The molecule has 5 rings (SSSR count). The van der Waals surface area contributed by atoms with Crippen molar-refractivity contribution in [3.63, 3.8) is 0 Å². The molecular weight excluding hydrogens is 384 g/mol. The highest BCUT2D eigenvalue weighted by atomic mass is 16.6. The number of fused-ring (bicyclic) bond motifs is 4. The molecule has 2 aromatic heterocycles. The Morgan fingerprint density at radius 2 is 1.60 bits per heavy atom. The predicted octanol–water partition coefficient (Wildman–Crippen LogP) is 4.99. The number of hydrogen-bond acceptors (Lipinski definition) is 6. The van der Waals surface area contributed by atoms with E-state index in [1.807, 2.05) is 31.2 Å². The van der Waals surface area contributed by atoms with Gasteiger partial charge in [-0.25, -0.2) is 9.59 Å². The second-order valence-electron chi connectivity index (χ2n) is 6.93. The molecule has 0 aliphatic rings. The molecule has 148 valence electrons. The van der Waals surface area contributed by atoms with E-state index >= 15 is 0 Å². The van der Waals surface area contributed by atoms with Crippen molar-refractivity contribution in [2.45, 2.75) is 6.92 Å². The summed E-state index contributed by atoms with van der Waals surface area (Å²) in [4.78, 5) is 23.8. The maximum Gasteiger partial charge on any atom is 0.349 e. The van der Waals surface area contributed by atoms with E-state index in [4.69, 9.17) is 18.3 Å². The molecule has 0 amide bonds. The van der Waals surface area contributed by atoms with Crippen LogP contribution in [0.1, 0.15) is 5.56 Å². The minimum Gasteiger partial charge on any atom is -0.482 e. The molecule has 0 radical (unpaired) electrons. The van der Waals surface area contributed by atoms with Crippen LogP contribution in [0.3, 0.4) is 0 Å². The molecule has 3 aromatic carbocycles. The molecule has 0 aliphatic heterocycles. The van der Waals surface area contributed by atoms with Crippen molar-refractivity contribution in [2.75, 3.05) is 6.61 Å². The van der Waals surface area contributed by atoms with E-state index in [9.17, 15) is 9.59 Å². The highest BCUT2D eigenvalue weighted by molar-refractivity contribution is 6.05. The van der Waals surface area contributed by atoms with Crippen LogP contribution in [-0.4, -0.2) is 12.6 Å². The van der Waals surface area contributed by atoms with Crippen LogP contribution in [0, 0.1) is 6.92 Å². The van der Waals surface area contributed by atoms with Gasteiger partial charge in [-0.05, 0) is 48.9 Å². The van der Waals surface area contributed by atoms with Gasteiger partial charge in [-0.1, -0.05) is 18.2 Å². The van der Waals surface area contributed by atoms with E-state index in [2.05, 4.69) is 0 Å². The molecule has 6 nitrogen and oxygen atoms in total. The Balaban J connectivity index is 1.32. The highest BCUT2D eigenvalue weighted by Gasteiger charge is 2.11. The lowest BCUT2D eigenvalue weighted by atomic mass is 10.1. The summed E-state index contributed by atoms with van der Waals surface area (Å²) in [6.45, 7) is 1.54. The standard InChI is InChI=1S/C24H16O6/c1-14-10-23(25)30-22-12-15(6-8-17(14)22)27-13-24(26)28-16-7-9-21-19(11-16)18-4-2-3-5-20(18)29-21/h2-12H,13H2,1H3. The van der Waals surface area contributed by atoms with Crippen LogP contribution in [0.5, 0.6) is 11.5 Å². The molecule has 0 atom stereocenters. The first kappa shape index (κ1) is 18.0. The number of para-hydroxylation sites is 1. The number of benzene rings is 3. The van der Waals surface area contributed by atoms with Crippen LogP contribution < -0.4 is 15.1 Å². The van der Waals surface area contributed by atoms with E-state index in [0.717, 1.165) is 32.9 Å². The Hall–Kier alpha value is -4.06. The summed E-state index contributed by atoms with van der Waals surface area (Å²) in [5, 5.41) is 2.64. The largest absolute Gasteiger partial charge is 0.482 e. The number of carbonyl (C=O) groups excluding carboxylic acids is 1. The Labute approximate surface area is 170 Å². The molecule has 0 spiro atoms. The van der Waals surface area contributed by atoms with Gasteiger partial charge in [0.2, 0.25) is 0 Å². The van der Waals surface area contributed by atoms with Crippen LogP contribution in [0.4, 0.5) is 0 Å². The lowest BCUT2D eigenvalue weighted by molar-refractivity contribution is -0.136. The third-order valence-electron chi connectivity index (χ3n) is 4.86. The van der Waals surface area contributed by atoms with Gasteiger partial charge in [0.25, 0.3) is 0 Å². The van der Waals surface area contributed by atoms with Gasteiger partial charge in [-0.2, -0.15) is 0 Å². The fraction of sp³-hybridized carbons (Fsp3) is 0.0833. The molecule has 6 heteroatoms. The third-order valence-corrected chi connectivity index (χ3v) is 4.86. The number of aryl methyl sites for hydroxylation is 1. The topological polar surface area (TPSA) is 78.9 Å². The molecule has 0 fully saturated rings. The molecule has 0 aliphatic carbocycles. The number of rotatable bonds is 4. The first-order valence-corrected chi connectivity index (χ1v) is 9.36. The zero-order chi connectivity index (χ0) is 20.7. The molecule has 2 heterocycles. The smallest absolute Gasteiger partial charge is 0.349 e. The van der Waals surface area contributed by atoms with Gasteiger partial charge in [-0.3, -0.25) is 0 Å². The first-order valence-electron chi connectivity index (χ1n) is 9.36. The van der Waals surface area contributed by atoms with Gasteiger partial charge in [0.1, 0.15) is 28.2 Å². The van der Waals surface area contributed by atoms with Crippen LogP contribution in [0.25, 0.3) is 32.9 Å². The summed E-state index contributed by atoms with van der Waals surface area (Å²) in [6, 6.07) is 19.4. The lowest BCUT2D eigenvalue weighted by Crippen LogP contribution is -2.17. The Morgan fingerprint density at radius 1 is 0.800 bits per heavy atom. The van der Waals surface area contributed by atoms with Crippen molar-refractivity contribution in [3.8, 4) is 11.5 Å². The van der Waals surface area contributed by atoms with E-state index in [0.29, 0.717) is 17.1 Å². The number of hydrogen-bond donors (Lipinski definition) is 0. The maximum atomic E-state index is 12.3. The van der Waals surface area contributed by atoms with Gasteiger partial charge in [0.15, 0.2) is 6.61 Å². The lowest BCUT2D eigenvalue weighted by Gasteiger charge is -2.08. The molecular formula is C24H16O6. The summed E-state index contributed by atoms with van der Waals surface area (Å²) in [6.07, 6.45) is 0. The minimum atomic E-state index is -0.548.